The number of hydrogen-bond donors (Lipinski definition) is 1. The molecule has 1 aliphatic heterocycles. The first-order chi connectivity index (χ1) is 12.6. The third-order valence-corrected chi connectivity index (χ3v) is 4.94. The summed E-state index contributed by atoms with van der Waals surface area (Å²) in [7, 11) is 0. The van der Waals surface area contributed by atoms with Crippen LogP contribution in [-0.4, -0.2) is 29.0 Å². The number of likely N-dealkylation sites (tertiary alicyclic amines) is 1. The Kier molecular flexibility index (Phi) is 5.49. The van der Waals surface area contributed by atoms with Gasteiger partial charge in [0.25, 0.3) is 5.69 Å². The summed E-state index contributed by atoms with van der Waals surface area (Å²) in [5.74, 6) is 0. The summed E-state index contributed by atoms with van der Waals surface area (Å²) in [4.78, 5) is 12.8. The molecule has 1 N–H and O–H groups in total. The number of nitrogens with one attached hydrogen (secondary N) is 1. The van der Waals surface area contributed by atoms with Gasteiger partial charge in [-0.3, -0.25) is 15.0 Å². The molecule has 6 heteroatoms. The van der Waals surface area contributed by atoms with Crippen molar-refractivity contribution in [2.75, 3.05) is 18.4 Å². The molecule has 6 nitrogen and oxygen atoms in total. The van der Waals surface area contributed by atoms with E-state index in [1.807, 2.05) is 0 Å². The maximum atomic E-state index is 10.9. The number of benzene rings is 2. The van der Waals surface area contributed by atoms with Gasteiger partial charge in [-0.15, -0.1) is 0 Å². The molecule has 1 aliphatic rings. The summed E-state index contributed by atoms with van der Waals surface area (Å²) < 4.78 is 0. The topological polar surface area (TPSA) is 82.2 Å². The molecule has 0 aromatic heterocycles. The lowest BCUT2D eigenvalue weighted by atomic mass is 10.0. The summed E-state index contributed by atoms with van der Waals surface area (Å²) in [5, 5.41) is 23.5. The molecule has 134 valence electrons. The third-order valence-electron chi connectivity index (χ3n) is 4.94. The Hall–Kier alpha value is -2.91. The molecule has 26 heavy (non-hydrogen) atoms. The van der Waals surface area contributed by atoms with Gasteiger partial charge in [0.2, 0.25) is 0 Å². The van der Waals surface area contributed by atoms with E-state index in [0.29, 0.717) is 11.3 Å². The minimum atomic E-state index is -0.478. The van der Waals surface area contributed by atoms with E-state index < -0.39 is 4.92 Å². The second-order valence-corrected chi connectivity index (χ2v) is 6.72. The van der Waals surface area contributed by atoms with Gasteiger partial charge in [0, 0.05) is 37.8 Å². The van der Waals surface area contributed by atoms with Gasteiger partial charge in [-0.05, 0) is 37.0 Å². The SMILES string of the molecule is Cc1ccccc1CN1CCC(Nc2ccc([N+](=O)[O-])cc2C#N)CC1. The van der Waals surface area contributed by atoms with Crippen LogP contribution in [0.15, 0.2) is 42.5 Å². The second-order valence-electron chi connectivity index (χ2n) is 6.72. The number of non-ortho nitro benzene ring substituents is 1. The highest BCUT2D eigenvalue weighted by molar-refractivity contribution is 5.61. The molecular formula is C20H22N4O2. The quantitative estimate of drug-likeness (QED) is 0.654. The molecule has 0 unspecified atom stereocenters. The average Bonchev–Trinajstić information content (AvgIpc) is 2.65. The summed E-state index contributed by atoms with van der Waals surface area (Å²) >= 11 is 0. The van der Waals surface area contributed by atoms with E-state index in [4.69, 9.17) is 0 Å². The van der Waals surface area contributed by atoms with Crippen molar-refractivity contribution in [1.29, 1.82) is 5.26 Å². The Morgan fingerprint density at radius 3 is 2.65 bits per heavy atom. The fraction of sp³-hybridized carbons (Fsp3) is 0.350. The second kappa shape index (κ2) is 7.98. The molecule has 3 rings (SSSR count). The van der Waals surface area contributed by atoms with E-state index in [-0.39, 0.29) is 11.7 Å². The van der Waals surface area contributed by atoms with E-state index >= 15 is 0 Å². The van der Waals surface area contributed by atoms with Crippen LogP contribution in [0.25, 0.3) is 0 Å². The predicted molar refractivity (Wildman–Crippen MR) is 101 cm³/mol. The predicted octanol–water partition coefficient (Wildman–Crippen LogP) is 3.85. The molecule has 1 fully saturated rings. The molecule has 0 amide bonds. The molecule has 2 aromatic rings. The van der Waals surface area contributed by atoms with Crippen LogP contribution in [0.3, 0.4) is 0 Å². The van der Waals surface area contributed by atoms with Crippen molar-refractivity contribution >= 4 is 11.4 Å². The van der Waals surface area contributed by atoms with E-state index in [9.17, 15) is 15.4 Å². The highest BCUT2D eigenvalue weighted by Crippen LogP contribution is 2.24. The largest absolute Gasteiger partial charge is 0.381 e. The first-order valence-corrected chi connectivity index (χ1v) is 8.79. The van der Waals surface area contributed by atoms with Gasteiger partial charge in [0.05, 0.1) is 16.2 Å². The zero-order valence-corrected chi connectivity index (χ0v) is 14.8. The van der Waals surface area contributed by atoms with E-state index in [2.05, 4.69) is 47.5 Å². The summed E-state index contributed by atoms with van der Waals surface area (Å²) in [5.41, 5.74) is 3.62. The minimum absolute atomic E-state index is 0.0554. The van der Waals surface area contributed by atoms with Crippen LogP contribution >= 0.6 is 0 Å². The number of anilines is 1. The van der Waals surface area contributed by atoms with Gasteiger partial charge in [0.15, 0.2) is 0 Å². The minimum Gasteiger partial charge on any atom is -0.381 e. The molecule has 0 spiro atoms. The lowest BCUT2D eigenvalue weighted by Crippen LogP contribution is -2.38. The van der Waals surface area contributed by atoms with Gasteiger partial charge < -0.3 is 5.32 Å². The zero-order chi connectivity index (χ0) is 18.5. The van der Waals surface area contributed by atoms with Crippen LogP contribution in [0.5, 0.6) is 0 Å². The Morgan fingerprint density at radius 2 is 2.00 bits per heavy atom. The molecule has 0 saturated carbocycles. The van der Waals surface area contributed by atoms with Crippen molar-refractivity contribution in [3.8, 4) is 6.07 Å². The van der Waals surface area contributed by atoms with Gasteiger partial charge in [-0.2, -0.15) is 5.26 Å². The van der Waals surface area contributed by atoms with E-state index in [0.717, 1.165) is 32.5 Å². The maximum absolute atomic E-state index is 10.9. The Balaban J connectivity index is 1.58. The standard InChI is InChI=1S/C20H22N4O2/c1-15-4-2-3-5-16(15)14-23-10-8-18(9-11-23)22-20-7-6-19(24(25)26)12-17(20)13-21/h2-7,12,18,22H,8-11,14H2,1H3. The molecule has 0 aliphatic carbocycles. The molecule has 0 atom stereocenters. The van der Waals surface area contributed by atoms with Crippen LogP contribution in [0.2, 0.25) is 0 Å². The summed E-state index contributed by atoms with van der Waals surface area (Å²) in [6, 6.07) is 15.2. The zero-order valence-electron chi connectivity index (χ0n) is 14.8. The first kappa shape index (κ1) is 17.9. The smallest absolute Gasteiger partial charge is 0.270 e. The van der Waals surface area contributed by atoms with Crippen LogP contribution in [0.4, 0.5) is 11.4 Å². The van der Waals surface area contributed by atoms with Crippen LogP contribution < -0.4 is 5.32 Å². The number of aryl methyl sites for hydroxylation is 1. The Bertz CT molecular complexity index is 836. The fourth-order valence-electron chi connectivity index (χ4n) is 3.35. The fourth-order valence-corrected chi connectivity index (χ4v) is 3.35. The number of piperidine rings is 1. The van der Waals surface area contributed by atoms with Gasteiger partial charge >= 0.3 is 0 Å². The maximum Gasteiger partial charge on any atom is 0.270 e. The molecule has 1 saturated heterocycles. The van der Waals surface area contributed by atoms with Crippen molar-refractivity contribution in [2.45, 2.75) is 32.4 Å². The van der Waals surface area contributed by atoms with Crippen molar-refractivity contribution in [3.63, 3.8) is 0 Å². The molecular weight excluding hydrogens is 328 g/mol. The van der Waals surface area contributed by atoms with E-state index in [1.165, 1.54) is 23.3 Å². The highest BCUT2D eigenvalue weighted by atomic mass is 16.6. The summed E-state index contributed by atoms with van der Waals surface area (Å²) in [6.07, 6.45) is 1.96. The Labute approximate surface area is 153 Å². The van der Waals surface area contributed by atoms with Crippen LogP contribution in [0.1, 0.15) is 29.5 Å². The molecule has 2 aromatic carbocycles. The number of nitro groups is 1. The number of rotatable bonds is 5. The van der Waals surface area contributed by atoms with Crippen molar-refractivity contribution in [3.05, 3.63) is 69.3 Å². The molecule has 1 heterocycles. The lowest BCUT2D eigenvalue weighted by molar-refractivity contribution is -0.384. The van der Waals surface area contributed by atoms with Gasteiger partial charge in [-0.25, -0.2) is 0 Å². The number of nitriles is 1. The number of hydrogen-bond acceptors (Lipinski definition) is 5. The van der Waals surface area contributed by atoms with Gasteiger partial charge in [0.1, 0.15) is 6.07 Å². The Morgan fingerprint density at radius 1 is 1.27 bits per heavy atom. The van der Waals surface area contributed by atoms with E-state index in [1.54, 1.807) is 6.07 Å². The van der Waals surface area contributed by atoms with Crippen molar-refractivity contribution in [2.24, 2.45) is 0 Å². The first-order valence-electron chi connectivity index (χ1n) is 8.79. The van der Waals surface area contributed by atoms with Gasteiger partial charge in [-0.1, -0.05) is 24.3 Å². The monoisotopic (exact) mass is 350 g/mol. The van der Waals surface area contributed by atoms with Crippen LogP contribution in [-0.2, 0) is 6.54 Å². The lowest BCUT2D eigenvalue weighted by Gasteiger charge is -2.33. The highest BCUT2D eigenvalue weighted by Gasteiger charge is 2.21. The average molecular weight is 350 g/mol. The molecule has 0 radical (unpaired) electrons. The summed E-state index contributed by atoms with van der Waals surface area (Å²) in [6.45, 7) is 5.07. The van der Waals surface area contributed by atoms with Crippen LogP contribution in [0, 0.1) is 28.4 Å². The van der Waals surface area contributed by atoms with Crippen molar-refractivity contribution in [1.82, 2.24) is 4.90 Å². The number of nitro benzene ring substituents is 1. The number of nitrogens with zero attached hydrogens (tertiary/aromatic N) is 3. The molecule has 0 bridgehead atoms. The third kappa shape index (κ3) is 4.19. The normalized spacial score (nSPS) is 15.4. The van der Waals surface area contributed by atoms with Crippen molar-refractivity contribution < 1.29 is 4.92 Å².